The second kappa shape index (κ2) is 8.60. The van der Waals surface area contributed by atoms with E-state index < -0.39 is 11.9 Å². The van der Waals surface area contributed by atoms with Crippen molar-refractivity contribution in [3.63, 3.8) is 0 Å². The number of anilines is 1. The van der Waals surface area contributed by atoms with Gasteiger partial charge in [-0.15, -0.1) is 0 Å². The maximum absolute atomic E-state index is 11.7. The van der Waals surface area contributed by atoms with E-state index in [2.05, 4.69) is 14.8 Å². The van der Waals surface area contributed by atoms with Crippen LogP contribution < -0.4 is 10.1 Å². The SMILES string of the molecule is COCOc1ccccc1N/C(=C/C(=O)OC)C(=O)OC. The van der Waals surface area contributed by atoms with Crippen LogP contribution >= 0.6 is 0 Å². The molecule has 0 aromatic heterocycles. The van der Waals surface area contributed by atoms with Crippen LogP contribution in [0, 0.1) is 0 Å². The van der Waals surface area contributed by atoms with E-state index in [0.29, 0.717) is 11.4 Å². The van der Waals surface area contributed by atoms with Gasteiger partial charge in [0.25, 0.3) is 0 Å². The Bertz CT molecular complexity index is 526. The third-order valence-corrected chi connectivity index (χ3v) is 2.36. The Morgan fingerprint density at radius 3 is 2.48 bits per heavy atom. The summed E-state index contributed by atoms with van der Waals surface area (Å²) in [6.07, 6.45) is 0.999. The average Bonchev–Trinajstić information content (AvgIpc) is 2.52. The minimum absolute atomic E-state index is 0.0486. The summed E-state index contributed by atoms with van der Waals surface area (Å²) in [7, 11) is 3.92. The van der Waals surface area contributed by atoms with Crippen molar-refractivity contribution in [3.05, 3.63) is 36.0 Å². The number of benzene rings is 1. The summed E-state index contributed by atoms with van der Waals surface area (Å²) < 4.78 is 19.3. The van der Waals surface area contributed by atoms with E-state index in [1.54, 1.807) is 24.3 Å². The van der Waals surface area contributed by atoms with Crippen LogP contribution in [-0.2, 0) is 23.8 Å². The number of nitrogens with one attached hydrogen (secondary N) is 1. The van der Waals surface area contributed by atoms with Crippen molar-refractivity contribution in [1.29, 1.82) is 0 Å². The van der Waals surface area contributed by atoms with Crippen LogP contribution in [0.3, 0.4) is 0 Å². The van der Waals surface area contributed by atoms with Gasteiger partial charge in [0.2, 0.25) is 0 Å². The molecule has 0 unspecified atom stereocenters. The third-order valence-electron chi connectivity index (χ3n) is 2.36. The Balaban J connectivity index is 3.01. The average molecular weight is 295 g/mol. The number of methoxy groups -OCH3 is 3. The fraction of sp³-hybridized carbons (Fsp3) is 0.286. The third kappa shape index (κ3) is 5.15. The molecule has 114 valence electrons. The van der Waals surface area contributed by atoms with Gasteiger partial charge in [-0.3, -0.25) is 0 Å². The molecule has 7 heteroatoms. The number of ether oxygens (including phenoxy) is 4. The lowest BCUT2D eigenvalue weighted by Crippen LogP contribution is -2.16. The van der Waals surface area contributed by atoms with Gasteiger partial charge in [0, 0.05) is 7.11 Å². The van der Waals surface area contributed by atoms with E-state index in [-0.39, 0.29) is 12.5 Å². The lowest BCUT2D eigenvalue weighted by Gasteiger charge is -2.13. The molecule has 0 aliphatic heterocycles. The van der Waals surface area contributed by atoms with Crippen molar-refractivity contribution in [2.45, 2.75) is 0 Å². The molecule has 0 bridgehead atoms. The summed E-state index contributed by atoms with van der Waals surface area (Å²) in [5, 5.41) is 2.78. The number of hydrogen-bond donors (Lipinski definition) is 1. The largest absolute Gasteiger partial charge is 0.466 e. The highest BCUT2D eigenvalue weighted by atomic mass is 16.7. The lowest BCUT2D eigenvalue weighted by molar-refractivity contribution is -0.138. The first kappa shape index (κ1) is 16.5. The molecule has 21 heavy (non-hydrogen) atoms. The van der Waals surface area contributed by atoms with Gasteiger partial charge in [-0.1, -0.05) is 12.1 Å². The van der Waals surface area contributed by atoms with Crippen LogP contribution in [0.25, 0.3) is 0 Å². The molecular formula is C14H17NO6. The standard InChI is InChI=1S/C14H17NO6/c1-18-9-21-12-7-5-4-6-10(12)15-11(14(17)20-3)8-13(16)19-2/h4-8,15H,9H2,1-3H3/b11-8+. The minimum Gasteiger partial charge on any atom is -0.466 e. The molecule has 0 atom stereocenters. The van der Waals surface area contributed by atoms with E-state index in [1.807, 2.05) is 0 Å². The van der Waals surface area contributed by atoms with Crippen LogP contribution in [0.1, 0.15) is 0 Å². The van der Waals surface area contributed by atoms with Gasteiger partial charge < -0.3 is 24.3 Å². The zero-order valence-electron chi connectivity index (χ0n) is 12.0. The molecule has 0 aliphatic rings. The summed E-state index contributed by atoms with van der Waals surface area (Å²) in [5.74, 6) is -0.931. The Hall–Kier alpha value is -2.54. The number of para-hydroxylation sites is 2. The maximum atomic E-state index is 11.7. The molecule has 0 heterocycles. The summed E-state index contributed by atoms with van der Waals surface area (Å²) in [5.41, 5.74) is 0.410. The molecule has 7 nitrogen and oxygen atoms in total. The molecule has 0 saturated heterocycles. The van der Waals surface area contributed by atoms with Crippen molar-refractivity contribution in [2.24, 2.45) is 0 Å². The summed E-state index contributed by atoms with van der Waals surface area (Å²) in [6, 6.07) is 6.88. The van der Waals surface area contributed by atoms with E-state index in [0.717, 1.165) is 6.08 Å². The molecule has 1 aromatic rings. The van der Waals surface area contributed by atoms with Gasteiger partial charge in [0.15, 0.2) is 6.79 Å². The van der Waals surface area contributed by atoms with E-state index in [4.69, 9.17) is 9.47 Å². The van der Waals surface area contributed by atoms with Crippen LogP contribution in [-0.4, -0.2) is 40.1 Å². The Morgan fingerprint density at radius 2 is 1.86 bits per heavy atom. The van der Waals surface area contributed by atoms with Gasteiger partial charge in [-0.05, 0) is 12.1 Å². The zero-order valence-corrected chi connectivity index (χ0v) is 12.0. The first-order valence-electron chi connectivity index (χ1n) is 5.98. The smallest absolute Gasteiger partial charge is 0.354 e. The Labute approximate surface area is 122 Å². The molecule has 0 radical (unpaired) electrons. The van der Waals surface area contributed by atoms with Crippen LogP contribution in [0.2, 0.25) is 0 Å². The second-order valence-electron chi connectivity index (χ2n) is 3.74. The Kier molecular flexibility index (Phi) is 6.76. The zero-order chi connectivity index (χ0) is 15.7. The van der Waals surface area contributed by atoms with Crippen LogP contribution in [0.5, 0.6) is 5.75 Å². The molecule has 1 aromatic carbocycles. The quantitative estimate of drug-likeness (QED) is 0.461. The number of hydrogen-bond acceptors (Lipinski definition) is 7. The van der Waals surface area contributed by atoms with Crippen molar-refractivity contribution < 1.29 is 28.5 Å². The predicted octanol–water partition coefficient (Wildman–Crippen LogP) is 1.31. The molecule has 1 N–H and O–H groups in total. The van der Waals surface area contributed by atoms with Crippen molar-refractivity contribution >= 4 is 17.6 Å². The molecule has 0 saturated carbocycles. The fourth-order valence-corrected chi connectivity index (χ4v) is 1.40. The predicted molar refractivity (Wildman–Crippen MR) is 74.7 cm³/mol. The Morgan fingerprint density at radius 1 is 1.14 bits per heavy atom. The number of rotatable bonds is 7. The van der Waals surface area contributed by atoms with Crippen molar-refractivity contribution in [3.8, 4) is 5.75 Å². The van der Waals surface area contributed by atoms with Gasteiger partial charge in [-0.25, -0.2) is 9.59 Å². The molecule has 0 amide bonds. The summed E-state index contributed by atoms with van der Waals surface area (Å²) in [4.78, 5) is 23.0. The topological polar surface area (TPSA) is 83.1 Å². The first-order valence-corrected chi connectivity index (χ1v) is 5.98. The van der Waals surface area contributed by atoms with Crippen LogP contribution in [0.4, 0.5) is 5.69 Å². The molecule has 1 rings (SSSR count). The fourth-order valence-electron chi connectivity index (χ4n) is 1.40. The van der Waals surface area contributed by atoms with Gasteiger partial charge in [-0.2, -0.15) is 0 Å². The summed E-state index contributed by atoms with van der Waals surface area (Å²) in [6.45, 7) is 0.0486. The van der Waals surface area contributed by atoms with E-state index >= 15 is 0 Å². The highest BCUT2D eigenvalue weighted by Crippen LogP contribution is 2.25. The highest BCUT2D eigenvalue weighted by Gasteiger charge is 2.14. The highest BCUT2D eigenvalue weighted by molar-refractivity contribution is 5.99. The molecule has 0 fully saturated rings. The monoisotopic (exact) mass is 295 g/mol. The van der Waals surface area contributed by atoms with Crippen molar-refractivity contribution in [2.75, 3.05) is 33.4 Å². The number of esters is 2. The molecule has 0 aliphatic carbocycles. The summed E-state index contributed by atoms with van der Waals surface area (Å²) >= 11 is 0. The van der Waals surface area contributed by atoms with E-state index in [1.165, 1.54) is 21.3 Å². The second-order valence-corrected chi connectivity index (χ2v) is 3.74. The van der Waals surface area contributed by atoms with E-state index in [9.17, 15) is 9.59 Å². The van der Waals surface area contributed by atoms with Crippen molar-refractivity contribution in [1.82, 2.24) is 0 Å². The molecular weight excluding hydrogens is 278 g/mol. The van der Waals surface area contributed by atoms with Gasteiger partial charge in [0.1, 0.15) is 11.4 Å². The number of carbonyl (C=O) groups excluding carboxylic acids is 2. The maximum Gasteiger partial charge on any atom is 0.354 e. The minimum atomic E-state index is -0.707. The lowest BCUT2D eigenvalue weighted by atomic mass is 10.2. The van der Waals surface area contributed by atoms with Gasteiger partial charge >= 0.3 is 11.9 Å². The molecule has 0 spiro atoms. The van der Waals surface area contributed by atoms with Crippen LogP contribution in [0.15, 0.2) is 36.0 Å². The number of carbonyl (C=O) groups is 2. The first-order chi connectivity index (χ1) is 10.1. The van der Waals surface area contributed by atoms with Gasteiger partial charge in [0.05, 0.1) is 26.0 Å². The normalized spacial score (nSPS) is 10.7.